The minimum Gasteiger partial charge on any atom is -0.467 e. The number of furan rings is 1. The van der Waals surface area contributed by atoms with Crippen molar-refractivity contribution in [3.8, 4) is 12.3 Å². The van der Waals surface area contributed by atoms with Crippen LogP contribution in [0.4, 0.5) is 0 Å². The molecule has 0 radical (unpaired) electrons. The third-order valence-electron chi connectivity index (χ3n) is 3.40. The van der Waals surface area contributed by atoms with Crippen LogP contribution in [0.15, 0.2) is 28.9 Å². The molecule has 0 unspecified atom stereocenters. The molecule has 1 aromatic carbocycles. The number of methoxy groups -OCH3 is 1. The van der Waals surface area contributed by atoms with E-state index in [-0.39, 0.29) is 6.42 Å². The Kier molecular flexibility index (Phi) is 4.84. The minimum atomic E-state index is -0.873. The fourth-order valence-corrected chi connectivity index (χ4v) is 2.16. The van der Waals surface area contributed by atoms with E-state index in [0.717, 1.165) is 12.0 Å². The number of hydrogen-bond donors (Lipinski definition) is 1. The largest absolute Gasteiger partial charge is 0.467 e. The molecule has 2 aromatic rings. The highest BCUT2D eigenvalue weighted by molar-refractivity contribution is 6.07. The van der Waals surface area contributed by atoms with Gasteiger partial charge in [-0.3, -0.25) is 4.79 Å². The molecular weight excluding hydrogens is 282 g/mol. The first-order valence-electron chi connectivity index (χ1n) is 6.93. The molecule has 1 N–H and O–H groups in total. The number of aryl methyl sites for hydroxylation is 1. The quantitative estimate of drug-likeness (QED) is 0.679. The molecule has 114 valence electrons. The van der Waals surface area contributed by atoms with E-state index < -0.39 is 17.9 Å². The molecule has 22 heavy (non-hydrogen) atoms. The van der Waals surface area contributed by atoms with Gasteiger partial charge in [0.2, 0.25) is 0 Å². The molecule has 0 saturated heterocycles. The van der Waals surface area contributed by atoms with Crippen molar-refractivity contribution >= 4 is 22.8 Å². The van der Waals surface area contributed by atoms with E-state index in [9.17, 15) is 9.59 Å². The Bertz CT molecular complexity index is 739. The predicted molar refractivity (Wildman–Crippen MR) is 82.3 cm³/mol. The predicted octanol–water partition coefficient (Wildman–Crippen LogP) is 2.29. The van der Waals surface area contributed by atoms with Crippen LogP contribution in [-0.2, 0) is 16.0 Å². The van der Waals surface area contributed by atoms with E-state index >= 15 is 0 Å². The van der Waals surface area contributed by atoms with Crippen molar-refractivity contribution in [1.29, 1.82) is 0 Å². The van der Waals surface area contributed by atoms with E-state index in [2.05, 4.69) is 16.0 Å². The van der Waals surface area contributed by atoms with Gasteiger partial charge in [-0.1, -0.05) is 13.0 Å². The van der Waals surface area contributed by atoms with E-state index in [1.54, 1.807) is 0 Å². The standard InChI is InChI=1S/C17H17NO4/c1-4-6-14(17(20)21-3)18-16(19)13-10-22-15-8-7-11(5-2)9-12(13)15/h1,7-10,14H,5-6H2,2-3H3,(H,18,19)/t14-/m1/s1. The molecule has 1 heterocycles. The number of terminal acetylenes is 1. The number of amides is 1. The number of esters is 1. The summed E-state index contributed by atoms with van der Waals surface area (Å²) in [5.41, 5.74) is 2.08. The lowest BCUT2D eigenvalue weighted by atomic mass is 10.1. The van der Waals surface area contributed by atoms with Gasteiger partial charge in [0.15, 0.2) is 0 Å². The van der Waals surface area contributed by atoms with Gasteiger partial charge in [0.25, 0.3) is 5.91 Å². The molecule has 1 aromatic heterocycles. The zero-order chi connectivity index (χ0) is 16.1. The molecule has 5 nitrogen and oxygen atoms in total. The summed E-state index contributed by atoms with van der Waals surface area (Å²) < 4.78 is 10.0. The third kappa shape index (κ3) is 3.12. The van der Waals surface area contributed by atoms with Gasteiger partial charge in [-0.05, 0) is 24.1 Å². The van der Waals surface area contributed by atoms with Crippen molar-refractivity contribution in [1.82, 2.24) is 5.32 Å². The van der Waals surface area contributed by atoms with Crippen LogP contribution in [-0.4, -0.2) is 25.0 Å². The first kappa shape index (κ1) is 15.6. The number of carbonyl (C=O) groups is 2. The maximum Gasteiger partial charge on any atom is 0.329 e. The number of rotatable bonds is 5. The van der Waals surface area contributed by atoms with Crippen molar-refractivity contribution < 1.29 is 18.7 Å². The molecule has 0 aliphatic rings. The van der Waals surface area contributed by atoms with Crippen LogP contribution in [0.25, 0.3) is 11.0 Å². The number of carbonyl (C=O) groups excluding carboxylic acids is 2. The normalized spacial score (nSPS) is 11.7. The van der Waals surface area contributed by atoms with Crippen LogP contribution in [0.3, 0.4) is 0 Å². The lowest BCUT2D eigenvalue weighted by Gasteiger charge is -2.13. The number of hydrogen-bond acceptors (Lipinski definition) is 4. The molecule has 1 atom stereocenters. The Hall–Kier alpha value is -2.74. The van der Waals surface area contributed by atoms with Crippen molar-refractivity contribution in [3.63, 3.8) is 0 Å². The van der Waals surface area contributed by atoms with Gasteiger partial charge in [0.05, 0.1) is 12.7 Å². The van der Waals surface area contributed by atoms with Gasteiger partial charge in [0, 0.05) is 11.8 Å². The fourth-order valence-electron chi connectivity index (χ4n) is 2.16. The second kappa shape index (κ2) is 6.81. The van der Waals surface area contributed by atoms with E-state index in [0.29, 0.717) is 16.5 Å². The van der Waals surface area contributed by atoms with E-state index in [1.165, 1.54) is 13.4 Å². The summed E-state index contributed by atoms with van der Waals surface area (Å²) in [6, 6.07) is 4.80. The molecule has 1 amide bonds. The SMILES string of the molecule is C#CC[C@@H](NC(=O)c1coc2ccc(CC)cc12)C(=O)OC. The maximum absolute atomic E-state index is 12.4. The van der Waals surface area contributed by atoms with Gasteiger partial charge in [-0.2, -0.15) is 0 Å². The summed E-state index contributed by atoms with van der Waals surface area (Å²) in [6.45, 7) is 2.03. The fraction of sp³-hybridized carbons (Fsp3) is 0.294. The molecule has 5 heteroatoms. The first-order valence-corrected chi connectivity index (χ1v) is 6.93. The second-order valence-electron chi connectivity index (χ2n) is 4.79. The van der Waals surface area contributed by atoms with Crippen LogP contribution in [0.2, 0.25) is 0 Å². The number of fused-ring (bicyclic) bond motifs is 1. The Balaban J connectivity index is 2.29. The average Bonchev–Trinajstić information content (AvgIpc) is 2.96. The smallest absolute Gasteiger partial charge is 0.329 e. The van der Waals surface area contributed by atoms with Crippen molar-refractivity contribution in [2.45, 2.75) is 25.8 Å². The van der Waals surface area contributed by atoms with Crippen LogP contribution >= 0.6 is 0 Å². The average molecular weight is 299 g/mol. The van der Waals surface area contributed by atoms with Crippen molar-refractivity contribution in [2.75, 3.05) is 7.11 Å². The van der Waals surface area contributed by atoms with Crippen LogP contribution in [0.5, 0.6) is 0 Å². The summed E-state index contributed by atoms with van der Waals surface area (Å²) >= 11 is 0. The Morgan fingerprint density at radius 3 is 2.86 bits per heavy atom. The summed E-state index contributed by atoms with van der Waals surface area (Å²) in [6.07, 6.45) is 7.51. The Labute approximate surface area is 128 Å². The topological polar surface area (TPSA) is 68.5 Å². The van der Waals surface area contributed by atoms with Gasteiger partial charge in [-0.15, -0.1) is 12.3 Å². The molecule has 0 spiro atoms. The number of ether oxygens (including phenoxy) is 1. The van der Waals surface area contributed by atoms with E-state index in [1.807, 2.05) is 25.1 Å². The molecule has 0 aliphatic heterocycles. The number of benzene rings is 1. The van der Waals surface area contributed by atoms with Crippen LogP contribution in [0, 0.1) is 12.3 Å². The van der Waals surface area contributed by atoms with Gasteiger partial charge < -0.3 is 14.5 Å². The third-order valence-corrected chi connectivity index (χ3v) is 3.40. The summed E-state index contributed by atoms with van der Waals surface area (Å²) in [4.78, 5) is 24.0. The molecule has 0 bridgehead atoms. The maximum atomic E-state index is 12.4. The van der Waals surface area contributed by atoms with Gasteiger partial charge in [0.1, 0.15) is 17.9 Å². The Morgan fingerprint density at radius 2 is 2.23 bits per heavy atom. The summed E-state index contributed by atoms with van der Waals surface area (Å²) in [7, 11) is 1.25. The highest BCUT2D eigenvalue weighted by Gasteiger charge is 2.23. The summed E-state index contributed by atoms with van der Waals surface area (Å²) in [5, 5.41) is 3.29. The van der Waals surface area contributed by atoms with Crippen LogP contribution < -0.4 is 5.32 Å². The molecule has 0 aliphatic carbocycles. The van der Waals surface area contributed by atoms with Crippen molar-refractivity contribution in [3.05, 3.63) is 35.6 Å². The monoisotopic (exact) mass is 299 g/mol. The van der Waals surface area contributed by atoms with Gasteiger partial charge >= 0.3 is 5.97 Å². The zero-order valence-electron chi connectivity index (χ0n) is 12.5. The molecular formula is C17H17NO4. The zero-order valence-corrected chi connectivity index (χ0v) is 12.5. The Morgan fingerprint density at radius 1 is 1.45 bits per heavy atom. The van der Waals surface area contributed by atoms with Crippen molar-refractivity contribution in [2.24, 2.45) is 0 Å². The van der Waals surface area contributed by atoms with Crippen LogP contribution in [0.1, 0.15) is 29.3 Å². The van der Waals surface area contributed by atoms with Gasteiger partial charge in [-0.25, -0.2) is 4.79 Å². The lowest BCUT2D eigenvalue weighted by molar-refractivity contribution is -0.142. The minimum absolute atomic E-state index is 0.0639. The highest BCUT2D eigenvalue weighted by Crippen LogP contribution is 2.23. The molecule has 0 saturated carbocycles. The second-order valence-corrected chi connectivity index (χ2v) is 4.79. The highest BCUT2D eigenvalue weighted by atomic mass is 16.5. The number of nitrogens with one attached hydrogen (secondary N) is 1. The molecule has 2 rings (SSSR count). The first-order chi connectivity index (χ1) is 10.6. The lowest BCUT2D eigenvalue weighted by Crippen LogP contribution is -2.41. The summed E-state index contributed by atoms with van der Waals surface area (Å²) in [5.74, 6) is 1.36. The van der Waals surface area contributed by atoms with E-state index in [4.69, 9.17) is 10.8 Å². The molecule has 0 fully saturated rings.